The van der Waals surface area contributed by atoms with Crippen molar-refractivity contribution < 1.29 is 4.79 Å². The molecule has 118 valence electrons. The van der Waals surface area contributed by atoms with E-state index >= 15 is 0 Å². The number of fused-ring (bicyclic) bond motifs is 1. The third-order valence-electron chi connectivity index (χ3n) is 4.72. The fourth-order valence-electron chi connectivity index (χ4n) is 3.51. The summed E-state index contributed by atoms with van der Waals surface area (Å²) >= 11 is 0. The van der Waals surface area contributed by atoms with Crippen molar-refractivity contribution in [3.05, 3.63) is 30.2 Å². The molecule has 2 heterocycles. The summed E-state index contributed by atoms with van der Waals surface area (Å²) in [5.41, 5.74) is 0.817. The fourth-order valence-corrected chi connectivity index (χ4v) is 3.51. The Morgan fingerprint density at radius 2 is 2.14 bits per heavy atom. The lowest BCUT2D eigenvalue weighted by Gasteiger charge is -2.22. The lowest BCUT2D eigenvalue weighted by Crippen LogP contribution is -2.32. The molecule has 0 unspecified atom stereocenters. The smallest absolute Gasteiger partial charge is 0.225 e. The van der Waals surface area contributed by atoms with Gasteiger partial charge in [0.25, 0.3) is 0 Å². The van der Waals surface area contributed by atoms with Gasteiger partial charge < -0.3 is 4.90 Å². The highest BCUT2D eigenvalue weighted by Crippen LogP contribution is 2.30. The van der Waals surface area contributed by atoms with Crippen LogP contribution < -0.4 is 0 Å². The van der Waals surface area contributed by atoms with E-state index in [1.165, 1.54) is 25.7 Å². The first-order valence-corrected chi connectivity index (χ1v) is 8.19. The summed E-state index contributed by atoms with van der Waals surface area (Å²) in [4.78, 5) is 14.3. The summed E-state index contributed by atoms with van der Waals surface area (Å²) in [7, 11) is 1.86. The summed E-state index contributed by atoms with van der Waals surface area (Å²) in [6, 6.07) is 5.80. The van der Waals surface area contributed by atoms with Gasteiger partial charge in [0.05, 0.1) is 6.54 Å². The van der Waals surface area contributed by atoms with Gasteiger partial charge in [-0.1, -0.05) is 38.7 Å². The van der Waals surface area contributed by atoms with Gasteiger partial charge in [0, 0.05) is 19.2 Å². The molecular weight excluding hydrogens is 276 g/mol. The summed E-state index contributed by atoms with van der Waals surface area (Å²) in [5, 5.41) is 8.33. The molecule has 1 amide bonds. The zero-order chi connectivity index (χ0) is 15.5. The lowest BCUT2D eigenvalue weighted by molar-refractivity contribution is -0.134. The van der Waals surface area contributed by atoms with E-state index in [-0.39, 0.29) is 11.8 Å². The van der Waals surface area contributed by atoms with Gasteiger partial charge in [0.15, 0.2) is 11.5 Å². The molecule has 2 aromatic rings. The Morgan fingerprint density at radius 1 is 1.36 bits per heavy atom. The quantitative estimate of drug-likeness (QED) is 0.853. The molecule has 3 rings (SSSR count). The van der Waals surface area contributed by atoms with Crippen molar-refractivity contribution in [1.82, 2.24) is 19.5 Å². The van der Waals surface area contributed by atoms with Crippen molar-refractivity contribution in [2.24, 2.45) is 11.8 Å². The van der Waals surface area contributed by atoms with Gasteiger partial charge in [0.1, 0.15) is 0 Å². The molecule has 22 heavy (non-hydrogen) atoms. The Hall–Kier alpha value is -1.91. The molecule has 0 aliphatic heterocycles. The number of carbonyl (C=O) groups is 1. The van der Waals surface area contributed by atoms with Gasteiger partial charge in [-0.05, 0) is 24.5 Å². The first-order valence-electron chi connectivity index (χ1n) is 8.19. The zero-order valence-corrected chi connectivity index (χ0v) is 13.4. The van der Waals surface area contributed by atoms with Gasteiger partial charge in [-0.25, -0.2) is 0 Å². The highest BCUT2D eigenvalue weighted by molar-refractivity contribution is 5.78. The van der Waals surface area contributed by atoms with E-state index in [4.69, 9.17) is 0 Å². The summed E-state index contributed by atoms with van der Waals surface area (Å²) in [5.74, 6) is 1.84. The Morgan fingerprint density at radius 3 is 2.91 bits per heavy atom. The summed E-state index contributed by atoms with van der Waals surface area (Å²) in [6.45, 7) is 2.55. The van der Waals surface area contributed by atoms with Crippen molar-refractivity contribution in [3.8, 4) is 0 Å². The topological polar surface area (TPSA) is 50.5 Å². The largest absolute Gasteiger partial charge is 0.338 e. The maximum atomic E-state index is 12.6. The number of aromatic nitrogens is 3. The molecule has 0 spiro atoms. The van der Waals surface area contributed by atoms with Crippen molar-refractivity contribution >= 4 is 11.6 Å². The third kappa shape index (κ3) is 3.13. The predicted octanol–water partition coefficient (Wildman–Crippen LogP) is 2.90. The second-order valence-electron chi connectivity index (χ2n) is 6.53. The normalized spacial score (nSPS) is 17.0. The molecular formula is C17H24N4O. The first-order chi connectivity index (χ1) is 10.6. The van der Waals surface area contributed by atoms with E-state index in [1.807, 2.05) is 35.8 Å². The SMILES string of the molecule is C[C@H](CC1CCCC1)C(=O)N(C)Cc1nnc2ccccn12. The van der Waals surface area contributed by atoms with Crippen LogP contribution in [0.3, 0.4) is 0 Å². The average Bonchev–Trinajstić information content (AvgIpc) is 3.17. The molecule has 1 saturated carbocycles. The van der Waals surface area contributed by atoms with Crippen LogP contribution in [0.2, 0.25) is 0 Å². The molecule has 0 N–H and O–H groups in total. The number of carbonyl (C=O) groups excluding carboxylic acids is 1. The molecule has 5 nitrogen and oxygen atoms in total. The van der Waals surface area contributed by atoms with Gasteiger partial charge in [-0.3, -0.25) is 9.20 Å². The number of rotatable bonds is 5. The maximum Gasteiger partial charge on any atom is 0.225 e. The van der Waals surface area contributed by atoms with Crippen LogP contribution in [0.1, 0.15) is 44.9 Å². The van der Waals surface area contributed by atoms with E-state index in [0.717, 1.165) is 23.8 Å². The molecule has 0 bridgehead atoms. The molecule has 5 heteroatoms. The molecule has 1 aliphatic rings. The predicted molar refractivity (Wildman–Crippen MR) is 85.2 cm³/mol. The molecule has 1 atom stereocenters. The van der Waals surface area contributed by atoms with E-state index in [1.54, 1.807) is 4.90 Å². The van der Waals surface area contributed by atoms with Crippen LogP contribution in [-0.4, -0.2) is 32.5 Å². The number of nitrogens with zero attached hydrogens (tertiary/aromatic N) is 4. The highest BCUT2D eigenvalue weighted by atomic mass is 16.2. The van der Waals surface area contributed by atoms with E-state index in [0.29, 0.717) is 6.54 Å². The second kappa shape index (κ2) is 6.46. The van der Waals surface area contributed by atoms with Crippen LogP contribution in [0, 0.1) is 11.8 Å². The first kappa shape index (κ1) is 15.0. The molecule has 0 saturated heterocycles. The number of hydrogen-bond donors (Lipinski definition) is 0. The van der Waals surface area contributed by atoms with Crippen molar-refractivity contribution in [2.45, 2.75) is 45.6 Å². The minimum atomic E-state index is 0.0901. The Balaban J connectivity index is 1.63. The maximum absolute atomic E-state index is 12.6. The standard InChI is InChI=1S/C17H24N4O/c1-13(11-14-7-3-4-8-14)17(22)20(2)12-16-19-18-15-9-5-6-10-21(15)16/h5-6,9-10,13-14H,3-4,7-8,11-12H2,1-2H3/t13-/m1/s1. The summed E-state index contributed by atoms with van der Waals surface area (Å²) < 4.78 is 1.94. The van der Waals surface area contributed by atoms with Crippen LogP contribution in [0.15, 0.2) is 24.4 Å². The van der Waals surface area contributed by atoms with Crippen molar-refractivity contribution in [1.29, 1.82) is 0 Å². The van der Waals surface area contributed by atoms with Crippen LogP contribution >= 0.6 is 0 Å². The molecule has 1 fully saturated rings. The number of amides is 1. The van der Waals surface area contributed by atoms with E-state index < -0.39 is 0 Å². The van der Waals surface area contributed by atoms with Crippen molar-refractivity contribution in [3.63, 3.8) is 0 Å². The van der Waals surface area contributed by atoms with E-state index in [2.05, 4.69) is 17.1 Å². The van der Waals surface area contributed by atoms with Crippen LogP contribution in [0.4, 0.5) is 0 Å². The van der Waals surface area contributed by atoms with Crippen molar-refractivity contribution in [2.75, 3.05) is 7.05 Å². The third-order valence-corrected chi connectivity index (χ3v) is 4.72. The zero-order valence-electron chi connectivity index (χ0n) is 13.4. The van der Waals surface area contributed by atoms with E-state index in [9.17, 15) is 4.79 Å². The monoisotopic (exact) mass is 300 g/mol. The Bertz CT molecular complexity index is 645. The van der Waals surface area contributed by atoms with Crippen LogP contribution in [0.25, 0.3) is 5.65 Å². The molecule has 1 aliphatic carbocycles. The van der Waals surface area contributed by atoms with Gasteiger partial charge >= 0.3 is 0 Å². The number of hydrogen-bond acceptors (Lipinski definition) is 3. The second-order valence-corrected chi connectivity index (χ2v) is 6.53. The minimum absolute atomic E-state index is 0.0901. The summed E-state index contributed by atoms with van der Waals surface area (Å²) in [6.07, 6.45) is 8.18. The van der Waals surface area contributed by atoms with Gasteiger partial charge in [0.2, 0.25) is 5.91 Å². The van der Waals surface area contributed by atoms with Gasteiger partial charge in [-0.2, -0.15) is 0 Å². The van der Waals surface area contributed by atoms with Gasteiger partial charge in [-0.15, -0.1) is 10.2 Å². The fraction of sp³-hybridized carbons (Fsp3) is 0.588. The Kier molecular flexibility index (Phi) is 4.41. The number of pyridine rings is 1. The lowest BCUT2D eigenvalue weighted by atomic mass is 9.93. The minimum Gasteiger partial charge on any atom is -0.338 e. The highest BCUT2D eigenvalue weighted by Gasteiger charge is 2.24. The van der Waals surface area contributed by atoms with Crippen LogP contribution in [-0.2, 0) is 11.3 Å². The molecule has 0 aromatic carbocycles. The van der Waals surface area contributed by atoms with Crippen LogP contribution in [0.5, 0.6) is 0 Å². The average molecular weight is 300 g/mol. The Labute approximate surface area is 131 Å². The molecule has 0 radical (unpaired) electrons. The molecule has 2 aromatic heterocycles.